The van der Waals surface area contributed by atoms with E-state index in [0.717, 1.165) is 11.6 Å². The van der Waals surface area contributed by atoms with Crippen molar-refractivity contribution >= 4 is 11.8 Å². The van der Waals surface area contributed by atoms with Crippen LogP contribution >= 0.6 is 0 Å². The minimum absolute atomic E-state index is 0.0542. The molecule has 9 heteroatoms. The predicted molar refractivity (Wildman–Crippen MR) is 114 cm³/mol. The second-order valence-corrected chi connectivity index (χ2v) is 8.23. The molecule has 0 spiro atoms. The van der Waals surface area contributed by atoms with Crippen molar-refractivity contribution in [2.75, 3.05) is 13.7 Å². The zero-order valence-electron chi connectivity index (χ0n) is 18.2. The third-order valence-electron chi connectivity index (χ3n) is 5.86. The fraction of sp³-hybridized carbons (Fsp3) is 0.417. The first-order valence-electron chi connectivity index (χ1n) is 10.7. The van der Waals surface area contributed by atoms with Gasteiger partial charge in [-0.25, -0.2) is 4.39 Å². The van der Waals surface area contributed by atoms with E-state index in [2.05, 4.69) is 10.6 Å². The molecule has 5 nitrogen and oxygen atoms in total. The molecule has 0 bridgehead atoms. The van der Waals surface area contributed by atoms with E-state index in [9.17, 15) is 27.2 Å². The molecule has 33 heavy (non-hydrogen) atoms. The lowest BCUT2D eigenvalue weighted by Crippen LogP contribution is -2.44. The van der Waals surface area contributed by atoms with Crippen LogP contribution in [0.15, 0.2) is 42.5 Å². The first-order chi connectivity index (χ1) is 15.6. The summed E-state index contributed by atoms with van der Waals surface area (Å²) < 4.78 is 58.0. The molecule has 1 fully saturated rings. The van der Waals surface area contributed by atoms with Gasteiger partial charge in [0.05, 0.1) is 12.7 Å². The van der Waals surface area contributed by atoms with Gasteiger partial charge in [0.25, 0.3) is 0 Å². The van der Waals surface area contributed by atoms with Crippen molar-refractivity contribution in [3.05, 3.63) is 65.0 Å². The Morgan fingerprint density at radius 1 is 1.21 bits per heavy atom. The van der Waals surface area contributed by atoms with Gasteiger partial charge < -0.3 is 15.4 Å². The molecule has 178 valence electrons. The van der Waals surface area contributed by atoms with Crippen LogP contribution in [0, 0.1) is 5.82 Å². The largest absolute Gasteiger partial charge is 0.494 e. The van der Waals surface area contributed by atoms with Gasteiger partial charge in [-0.1, -0.05) is 24.3 Å². The number of hydrogen-bond acceptors (Lipinski definition) is 3. The fourth-order valence-electron chi connectivity index (χ4n) is 4.18. The Morgan fingerprint density at radius 3 is 2.64 bits per heavy atom. The molecule has 0 aliphatic carbocycles. The summed E-state index contributed by atoms with van der Waals surface area (Å²) in [6.07, 6.45) is -2.69. The van der Waals surface area contributed by atoms with Gasteiger partial charge in [0.15, 0.2) is 11.6 Å². The maximum Gasteiger partial charge on any atom is 0.416 e. The van der Waals surface area contributed by atoms with Crippen molar-refractivity contribution in [3.8, 4) is 5.75 Å². The van der Waals surface area contributed by atoms with Crippen molar-refractivity contribution in [1.82, 2.24) is 10.6 Å². The number of ether oxygens (including phenoxy) is 1. The lowest BCUT2D eigenvalue weighted by molar-refractivity contribution is -0.138. The van der Waals surface area contributed by atoms with Crippen molar-refractivity contribution in [3.63, 3.8) is 0 Å². The van der Waals surface area contributed by atoms with E-state index in [0.29, 0.717) is 25.7 Å². The number of hydrogen-bond donors (Lipinski definition) is 2. The van der Waals surface area contributed by atoms with Gasteiger partial charge in [-0.15, -0.1) is 0 Å². The minimum atomic E-state index is -4.45. The number of rotatable bonds is 9. The van der Waals surface area contributed by atoms with Crippen LogP contribution in [0.25, 0.3) is 0 Å². The van der Waals surface area contributed by atoms with Crippen molar-refractivity contribution in [2.45, 2.75) is 50.2 Å². The standard InChI is InChI=1S/C24H26F4N2O3/c1-33-20-14-16(6-7-19(20)25)15-23(12-9-22(32)30-23)11-8-21(31)29-13-10-17-4-2-3-5-18(17)24(26,27)28/h2-7,14H,8-13,15H2,1H3,(H,29,31)(H,30,32)/t23-/m1/s1. The Bertz CT molecular complexity index is 1010. The van der Waals surface area contributed by atoms with Gasteiger partial charge in [0, 0.05) is 24.9 Å². The topological polar surface area (TPSA) is 67.4 Å². The summed E-state index contributed by atoms with van der Waals surface area (Å²) in [5, 5.41) is 5.61. The van der Waals surface area contributed by atoms with Crippen molar-refractivity contribution in [1.29, 1.82) is 0 Å². The highest BCUT2D eigenvalue weighted by molar-refractivity contribution is 5.80. The number of carbonyl (C=O) groups excluding carboxylic acids is 2. The van der Waals surface area contributed by atoms with E-state index in [-0.39, 0.29) is 42.5 Å². The van der Waals surface area contributed by atoms with E-state index in [1.165, 1.54) is 31.4 Å². The first-order valence-corrected chi connectivity index (χ1v) is 10.7. The normalized spacial score (nSPS) is 18.2. The number of carbonyl (C=O) groups is 2. The summed E-state index contributed by atoms with van der Waals surface area (Å²) in [6.45, 7) is 0.0699. The van der Waals surface area contributed by atoms with E-state index in [1.54, 1.807) is 12.1 Å². The molecular weight excluding hydrogens is 440 g/mol. The molecule has 3 rings (SSSR count). The van der Waals surface area contributed by atoms with Gasteiger partial charge >= 0.3 is 6.18 Å². The number of benzene rings is 2. The molecule has 0 aromatic heterocycles. The average molecular weight is 466 g/mol. The summed E-state index contributed by atoms with van der Waals surface area (Å²) in [5.41, 5.74) is -0.476. The smallest absolute Gasteiger partial charge is 0.416 e. The molecule has 1 heterocycles. The van der Waals surface area contributed by atoms with Crippen LogP contribution in [0.4, 0.5) is 17.6 Å². The molecule has 0 unspecified atom stereocenters. The summed E-state index contributed by atoms with van der Waals surface area (Å²) >= 11 is 0. The van der Waals surface area contributed by atoms with Crippen LogP contribution in [0.1, 0.15) is 42.4 Å². The van der Waals surface area contributed by atoms with Crippen molar-refractivity contribution < 1.29 is 31.9 Å². The van der Waals surface area contributed by atoms with E-state index in [4.69, 9.17) is 4.74 Å². The number of methoxy groups -OCH3 is 1. The highest BCUT2D eigenvalue weighted by Gasteiger charge is 2.38. The Hall–Kier alpha value is -3.10. The van der Waals surface area contributed by atoms with Crippen LogP contribution in [0.3, 0.4) is 0 Å². The summed E-state index contributed by atoms with van der Waals surface area (Å²) in [7, 11) is 1.37. The van der Waals surface area contributed by atoms with E-state index >= 15 is 0 Å². The second-order valence-electron chi connectivity index (χ2n) is 8.23. The maximum atomic E-state index is 13.7. The maximum absolute atomic E-state index is 13.7. The highest BCUT2D eigenvalue weighted by Crippen LogP contribution is 2.32. The first kappa shape index (κ1) is 24.5. The molecule has 1 saturated heterocycles. The van der Waals surface area contributed by atoms with Gasteiger partial charge in [-0.05, 0) is 55.0 Å². The molecule has 2 aromatic rings. The monoisotopic (exact) mass is 466 g/mol. The lowest BCUT2D eigenvalue weighted by Gasteiger charge is -2.29. The molecule has 1 aliphatic rings. The predicted octanol–water partition coefficient (Wildman–Crippen LogP) is 4.18. The molecule has 2 aromatic carbocycles. The fourth-order valence-corrected chi connectivity index (χ4v) is 4.18. The van der Waals surface area contributed by atoms with Crippen LogP contribution in [0.2, 0.25) is 0 Å². The van der Waals surface area contributed by atoms with Gasteiger partial charge in [-0.3, -0.25) is 9.59 Å². The van der Waals surface area contributed by atoms with Crippen molar-refractivity contribution in [2.24, 2.45) is 0 Å². The highest BCUT2D eigenvalue weighted by atomic mass is 19.4. The van der Waals surface area contributed by atoms with Gasteiger partial charge in [0.2, 0.25) is 11.8 Å². The van der Waals surface area contributed by atoms with Crippen LogP contribution < -0.4 is 15.4 Å². The number of alkyl halides is 3. The van der Waals surface area contributed by atoms with Crippen LogP contribution in [0.5, 0.6) is 5.75 Å². The van der Waals surface area contributed by atoms with Crippen LogP contribution in [-0.4, -0.2) is 31.0 Å². The zero-order chi connectivity index (χ0) is 24.1. The molecule has 0 radical (unpaired) electrons. The average Bonchev–Trinajstić information content (AvgIpc) is 3.14. The van der Waals surface area contributed by atoms with Gasteiger partial charge in [0.1, 0.15) is 0 Å². The third-order valence-corrected chi connectivity index (χ3v) is 5.86. The Kier molecular flexibility index (Phi) is 7.61. The van der Waals surface area contributed by atoms with E-state index < -0.39 is 23.1 Å². The molecule has 1 atom stereocenters. The Labute approximate surface area is 189 Å². The number of nitrogens with one attached hydrogen (secondary N) is 2. The minimum Gasteiger partial charge on any atom is -0.494 e. The third kappa shape index (κ3) is 6.46. The molecule has 2 N–H and O–H groups in total. The van der Waals surface area contributed by atoms with E-state index in [1.807, 2.05) is 0 Å². The molecular formula is C24H26F4N2O3. The lowest BCUT2D eigenvalue weighted by atomic mass is 9.85. The summed E-state index contributed by atoms with van der Waals surface area (Å²) in [6, 6.07) is 9.76. The molecule has 0 saturated carbocycles. The van der Waals surface area contributed by atoms with Gasteiger partial charge in [-0.2, -0.15) is 13.2 Å². The summed E-state index contributed by atoms with van der Waals surface area (Å²) in [4.78, 5) is 24.3. The number of amides is 2. The number of halogens is 4. The Morgan fingerprint density at radius 2 is 1.97 bits per heavy atom. The molecule has 1 aliphatic heterocycles. The zero-order valence-corrected chi connectivity index (χ0v) is 18.2. The Balaban J connectivity index is 1.57. The second kappa shape index (κ2) is 10.2. The molecule has 2 amide bonds. The quantitative estimate of drug-likeness (QED) is 0.545. The SMILES string of the molecule is COc1cc(C[C@@]2(CCC(=O)NCCc3ccccc3C(F)(F)F)CCC(=O)N2)ccc1F. The van der Waals surface area contributed by atoms with Crippen LogP contribution in [-0.2, 0) is 28.6 Å². The summed E-state index contributed by atoms with van der Waals surface area (Å²) in [5.74, 6) is -0.814.